The summed E-state index contributed by atoms with van der Waals surface area (Å²) in [5.41, 5.74) is 0.795. The van der Waals surface area contributed by atoms with Gasteiger partial charge in [-0.2, -0.15) is 0 Å². The summed E-state index contributed by atoms with van der Waals surface area (Å²) in [7, 11) is 0. The maximum Gasteiger partial charge on any atom is 0.323 e. The highest BCUT2D eigenvalue weighted by Gasteiger charge is 2.23. The smallest absolute Gasteiger partial charge is 0.323 e. The molecule has 0 saturated carbocycles. The minimum absolute atomic E-state index is 0.334. The Balaban J connectivity index is 2.37. The molecule has 20 heavy (non-hydrogen) atoms. The first-order valence-corrected chi connectivity index (χ1v) is 6.20. The van der Waals surface area contributed by atoms with Crippen LogP contribution in [-0.2, 0) is 4.79 Å². The van der Waals surface area contributed by atoms with Crippen LogP contribution in [0.5, 0.6) is 0 Å². The van der Waals surface area contributed by atoms with Gasteiger partial charge in [0, 0.05) is 10.7 Å². The number of nitrogens with zero attached hydrogens (tertiary/aromatic N) is 1. The van der Waals surface area contributed by atoms with Crippen molar-refractivity contribution in [1.29, 1.82) is 0 Å². The molecular formula is C14H12ClNO4. The number of aryl methyl sites for hydroxylation is 1. The molecule has 0 aliphatic rings. The Kier molecular flexibility index (Phi) is 4.10. The molecule has 1 heterocycles. The monoisotopic (exact) mass is 293 g/mol. The summed E-state index contributed by atoms with van der Waals surface area (Å²) in [6.07, 6.45) is 1.39. The number of hydrogen-bond donors (Lipinski definition) is 1. The summed E-state index contributed by atoms with van der Waals surface area (Å²) in [6.45, 7) is 1.21. The second-order valence-corrected chi connectivity index (χ2v) is 4.59. The van der Waals surface area contributed by atoms with Crippen LogP contribution in [0, 0.1) is 6.92 Å². The van der Waals surface area contributed by atoms with Crippen LogP contribution < -0.4 is 4.90 Å². The molecular weight excluding hydrogens is 282 g/mol. The van der Waals surface area contributed by atoms with E-state index in [4.69, 9.17) is 21.1 Å². The van der Waals surface area contributed by atoms with Gasteiger partial charge >= 0.3 is 5.97 Å². The number of amides is 1. The predicted octanol–water partition coefficient (Wildman–Crippen LogP) is 2.97. The number of hydrogen-bond acceptors (Lipinski definition) is 3. The number of anilines is 1. The maximum absolute atomic E-state index is 12.4. The minimum Gasteiger partial charge on any atom is -0.480 e. The van der Waals surface area contributed by atoms with E-state index in [-0.39, 0.29) is 0 Å². The van der Waals surface area contributed by atoms with Gasteiger partial charge in [0.1, 0.15) is 12.3 Å². The third-order valence-corrected chi connectivity index (χ3v) is 3.02. The molecule has 0 spiro atoms. The van der Waals surface area contributed by atoms with Gasteiger partial charge in [0.2, 0.25) is 0 Å². The van der Waals surface area contributed by atoms with Crippen LogP contribution in [-0.4, -0.2) is 23.5 Å². The molecule has 5 nitrogen and oxygen atoms in total. The Labute approximate surface area is 120 Å². The SMILES string of the molecule is Cc1occc1C(=O)N(CC(=O)O)c1ccc(Cl)cc1. The molecule has 1 aromatic carbocycles. The molecule has 2 aromatic rings. The number of carbonyl (C=O) groups excluding carboxylic acids is 1. The molecule has 0 radical (unpaired) electrons. The lowest BCUT2D eigenvalue weighted by Crippen LogP contribution is -2.35. The van der Waals surface area contributed by atoms with E-state index < -0.39 is 18.4 Å². The van der Waals surface area contributed by atoms with Gasteiger partial charge in [0.15, 0.2) is 0 Å². The van der Waals surface area contributed by atoms with Crippen molar-refractivity contribution in [1.82, 2.24) is 0 Å². The van der Waals surface area contributed by atoms with Gasteiger partial charge in [0.25, 0.3) is 5.91 Å². The molecule has 0 aliphatic carbocycles. The van der Waals surface area contributed by atoms with Gasteiger partial charge in [-0.1, -0.05) is 11.6 Å². The molecule has 0 atom stereocenters. The van der Waals surface area contributed by atoms with Crippen molar-refractivity contribution in [2.75, 3.05) is 11.4 Å². The second kappa shape index (κ2) is 5.79. The molecule has 0 saturated heterocycles. The van der Waals surface area contributed by atoms with Crippen LogP contribution in [0.2, 0.25) is 5.02 Å². The van der Waals surface area contributed by atoms with E-state index >= 15 is 0 Å². The number of carboxylic acids is 1. The largest absolute Gasteiger partial charge is 0.480 e. The molecule has 0 fully saturated rings. The zero-order valence-electron chi connectivity index (χ0n) is 10.7. The molecule has 1 aromatic heterocycles. The van der Waals surface area contributed by atoms with Gasteiger partial charge in [-0.3, -0.25) is 14.5 Å². The van der Waals surface area contributed by atoms with Gasteiger partial charge < -0.3 is 9.52 Å². The first-order chi connectivity index (χ1) is 9.49. The predicted molar refractivity (Wildman–Crippen MR) is 74.2 cm³/mol. The maximum atomic E-state index is 12.4. The number of carbonyl (C=O) groups is 2. The Hall–Kier alpha value is -2.27. The Bertz CT molecular complexity index is 633. The fraction of sp³-hybridized carbons (Fsp3) is 0.143. The van der Waals surface area contributed by atoms with E-state index in [2.05, 4.69) is 0 Å². The van der Waals surface area contributed by atoms with Crippen molar-refractivity contribution < 1.29 is 19.1 Å². The summed E-state index contributed by atoms with van der Waals surface area (Å²) in [6, 6.07) is 7.90. The van der Waals surface area contributed by atoms with Crippen LogP contribution in [0.1, 0.15) is 16.1 Å². The molecule has 104 valence electrons. The number of halogens is 1. The topological polar surface area (TPSA) is 70.8 Å². The van der Waals surface area contributed by atoms with Crippen molar-refractivity contribution in [3.63, 3.8) is 0 Å². The van der Waals surface area contributed by atoms with Crippen LogP contribution in [0.4, 0.5) is 5.69 Å². The quantitative estimate of drug-likeness (QED) is 0.941. The van der Waals surface area contributed by atoms with E-state index in [0.717, 1.165) is 4.90 Å². The standard InChI is InChI=1S/C14H12ClNO4/c1-9-12(6-7-20-9)14(19)16(8-13(17)18)11-4-2-10(15)3-5-11/h2-7H,8H2,1H3,(H,17,18). The van der Waals surface area contributed by atoms with Crippen LogP contribution in [0.15, 0.2) is 41.0 Å². The van der Waals surface area contributed by atoms with Crippen LogP contribution in [0.25, 0.3) is 0 Å². The van der Waals surface area contributed by atoms with E-state index in [1.165, 1.54) is 12.3 Å². The molecule has 6 heteroatoms. The lowest BCUT2D eigenvalue weighted by Gasteiger charge is -2.20. The average molecular weight is 294 g/mol. The Morgan fingerprint density at radius 1 is 1.25 bits per heavy atom. The molecule has 1 amide bonds. The van der Waals surface area contributed by atoms with Gasteiger partial charge in [-0.25, -0.2) is 0 Å². The summed E-state index contributed by atoms with van der Waals surface area (Å²) < 4.78 is 5.08. The highest BCUT2D eigenvalue weighted by atomic mass is 35.5. The zero-order chi connectivity index (χ0) is 14.7. The van der Waals surface area contributed by atoms with Crippen molar-refractivity contribution in [3.05, 3.63) is 52.9 Å². The van der Waals surface area contributed by atoms with E-state index in [1.807, 2.05) is 0 Å². The molecule has 1 N–H and O–H groups in total. The third kappa shape index (κ3) is 3.00. The van der Waals surface area contributed by atoms with Crippen molar-refractivity contribution in [3.8, 4) is 0 Å². The number of rotatable bonds is 4. The first-order valence-electron chi connectivity index (χ1n) is 5.82. The number of aliphatic carboxylic acids is 1. The van der Waals surface area contributed by atoms with E-state index in [1.54, 1.807) is 31.2 Å². The number of benzene rings is 1. The van der Waals surface area contributed by atoms with Crippen molar-refractivity contribution in [2.45, 2.75) is 6.92 Å². The average Bonchev–Trinajstić information content (AvgIpc) is 2.82. The molecule has 0 bridgehead atoms. The summed E-state index contributed by atoms with van der Waals surface area (Å²) in [4.78, 5) is 24.5. The van der Waals surface area contributed by atoms with Gasteiger partial charge in [-0.15, -0.1) is 0 Å². The first kappa shape index (κ1) is 14.1. The van der Waals surface area contributed by atoms with Crippen LogP contribution in [0.3, 0.4) is 0 Å². The normalized spacial score (nSPS) is 10.3. The molecule has 0 aliphatic heterocycles. The van der Waals surface area contributed by atoms with Gasteiger partial charge in [-0.05, 0) is 37.3 Å². The lowest BCUT2D eigenvalue weighted by atomic mass is 10.2. The third-order valence-electron chi connectivity index (χ3n) is 2.77. The second-order valence-electron chi connectivity index (χ2n) is 4.15. The Morgan fingerprint density at radius 3 is 2.40 bits per heavy atom. The van der Waals surface area contributed by atoms with Gasteiger partial charge in [0.05, 0.1) is 11.8 Å². The Morgan fingerprint density at radius 2 is 1.90 bits per heavy atom. The fourth-order valence-corrected chi connectivity index (χ4v) is 1.91. The number of carboxylic acid groups (broad SMARTS) is 1. The lowest BCUT2D eigenvalue weighted by molar-refractivity contribution is -0.135. The highest BCUT2D eigenvalue weighted by molar-refractivity contribution is 6.30. The summed E-state index contributed by atoms with van der Waals surface area (Å²) in [5.74, 6) is -1.09. The van der Waals surface area contributed by atoms with E-state index in [9.17, 15) is 9.59 Å². The van der Waals surface area contributed by atoms with E-state index in [0.29, 0.717) is 22.0 Å². The van der Waals surface area contributed by atoms with Crippen molar-refractivity contribution in [2.24, 2.45) is 0 Å². The highest BCUT2D eigenvalue weighted by Crippen LogP contribution is 2.21. The number of furan rings is 1. The fourth-order valence-electron chi connectivity index (χ4n) is 1.79. The van der Waals surface area contributed by atoms with Crippen LogP contribution >= 0.6 is 11.6 Å². The zero-order valence-corrected chi connectivity index (χ0v) is 11.4. The summed E-state index contributed by atoms with van der Waals surface area (Å²) in [5, 5.41) is 9.48. The van der Waals surface area contributed by atoms with Crippen molar-refractivity contribution >= 4 is 29.2 Å². The molecule has 2 rings (SSSR count). The minimum atomic E-state index is -1.10. The summed E-state index contributed by atoms with van der Waals surface area (Å²) >= 11 is 5.79. The molecule has 0 unspecified atom stereocenters.